The number of hydrogen-bond donors (Lipinski definition) is 1. The summed E-state index contributed by atoms with van der Waals surface area (Å²) in [5.74, 6) is -0.212. The van der Waals surface area contributed by atoms with Crippen molar-refractivity contribution in [2.24, 2.45) is 0 Å². The first-order valence-corrected chi connectivity index (χ1v) is 6.40. The molecular formula is C14H12F3N3O. The van der Waals surface area contributed by atoms with Gasteiger partial charge in [0, 0.05) is 6.54 Å². The van der Waals surface area contributed by atoms with Crippen molar-refractivity contribution in [3.05, 3.63) is 53.6 Å². The first-order valence-electron chi connectivity index (χ1n) is 6.40. The molecule has 0 saturated carbocycles. The predicted molar refractivity (Wildman–Crippen MR) is 68.6 cm³/mol. The smallest absolute Gasteiger partial charge is 0.346 e. The first-order chi connectivity index (χ1) is 9.93. The summed E-state index contributed by atoms with van der Waals surface area (Å²) in [4.78, 5) is 15.7. The molecule has 1 aliphatic rings. The Hall–Kier alpha value is -2.31. The van der Waals surface area contributed by atoms with Gasteiger partial charge in [0.2, 0.25) is 0 Å². The summed E-state index contributed by atoms with van der Waals surface area (Å²) < 4.78 is 39.2. The normalized spacial score (nSPS) is 18.2. The molecule has 1 atom stereocenters. The van der Waals surface area contributed by atoms with Crippen LogP contribution in [-0.4, -0.2) is 21.5 Å². The van der Waals surface area contributed by atoms with Crippen molar-refractivity contribution in [2.45, 2.75) is 25.2 Å². The Balaban J connectivity index is 1.72. The summed E-state index contributed by atoms with van der Waals surface area (Å²) in [5, 5.41) is 2.83. The standard InChI is InChI=1S/C14H12F3N3O/c15-14(16,17)10-3-1-9(2-4-10)5-11-7-20-8-18-6-12(20)13(21)19-11/h1-4,6,8,11H,5,7H2,(H,19,21). The molecule has 2 heterocycles. The van der Waals surface area contributed by atoms with Gasteiger partial charge in [0.05, 0.1) is 24.1 Å². The summed E-state index contributed by atoms with van der Waals surface area (Å²) in [6.45, 7) is 0.558. The highest BCUT2D eigenvalue weighted by molar-refractivity contribution is 5.93. The fraction of sp³-hybridized carbons (Fsp3) is 0.286. The number of carbonyl (C=O) groups is 1. The van der Waals surface area contributed by atoms with E-state index in [0.717, 1.165) is 17.7 Å². The Morgan fingerprint density at radius 1 is 1.29 bits per heavy atom. The molecular weight excluding hydrogens is 283 g/mol. The lowest BCUT2D eigenvalue weighted by atomic mass is 10.0. The molecule has 3 rings (SSSR count). The molecule has 0 fully saturated rings. The summed E-state index contributed by atoms with van der Waals surface area (Å²) >= 11 is 0. The van der Waals surface area contributed by atoms with Gasteiger partial charge in [-0.3, -0.25) is 4.79 Å². The number of amides is 1. The molecule has 4 nitrogen and oxygen atoms in total. The maximum Gasteiger partial charge on any atom is 0.416 e. The predicted octanol–water partition coefficient (Wildman–Crippen LogP) is 2.26. The highest BCUT2D eigenvalue weighted by Crippen LogP contribution is 2.29. The van der Waals surface area contributed by atoms with Crippen LogP contribution in [-0.2, 0) is 19.1 Å². The zero-order valence-corrected chi connectivity index (χ0v) is 10.9. The van der Waals surface area contributed by atoms with Crippen LogP contribution in [0.1, 0.15) is 21.6 Å². The molecule has 7 heteroatoms. The molecule has 110 valence electrons. The van der Waals surface area contributed by atoms with E-state index in [1.807, 2.05) is 0 Å². The summed E-state index contributed by atoms with van der Waals surface area (Å²) in [5.41, 5.74) is 0.575. The Bertz CT molecular complexity index is 661. The van der Waals surface area contributed by atoms with E-state index in [2.05, 4.69) is 10.3 Å². The Morgan fingerprint density at radius 2 is 2.00 bits per heavy atom. The molecule has 21 heavy (non-hydrogen) atoms. The van der Waals surface area contributed by atoms with Crippen molar-refractivity contribution in [1.29, 1.82) is 0 Å². The summed E-state index contributed by atoms with van der Waals surface area (Å²) in [7, 11) is 0. The molecule has 1 aromatic heterocycles. The van der Waals surface area contributed by atoms with Gasteiger partial charge < -0.3 is 9.88 Å². The van der Waals surface area contributed by atoms with Gasteiger partial charge >= 0.3 is 6.18 Å². The molecule has 0 spiro atoms. The highest BCUT2D eigenvalue weighted by Gasteiger charge is 2.30. The number of aromatic nitrogens is 2. The van der Waals surface area contributed by atoms with E-state index in [9.17, 15) is 18.0 Å². The van der Waals surface area contributed by atoms with Gasteiger partial charge in [-0.05, 0) is 24.1 Å². The van der Waals surface area contributed by atoms with Crippen LogP contribution in [0.4, 0.5) is 13.2 Å². The number of nitrogens with one attached hydrogen (secondary N) is 1. The number of carbonyl (C=O) groups excluding carboxylic acids is 1. The summed E-state index contributed by atoms with van der Waals surface area (Å²) in [6, 6.07) is 4.85. The maximum absolute atomic E-state index is 12.5. The average molecular weight is 295 g/mol. The van der Waals surface area contributed by atoms with Gasteiger partial charge in [-0.15, -0.1) is 0 Å². The van der Waals surface area contributed by atoms with Gasteiger partial charge in [0.25, 0.3) is 5.91 Å². The topological polar surface area (TPSA) is 46.9 Å². The zero-order valence-electron chi connectivity index (χ0n) is 10.9. The van der Waals surface area contributed by atoms with Gasteiger partial charge in [0.15, 0.2) is 0 Å². The van der Waals surface area contributed by atoms with Crippen LogP contribution < -0.4 is 5.32 Å². The quantitative estimate of drug-likeness (QED) is 0.923. The largest absolute Gasteiger partial charge is 0.416 e. The van der Waals surface area contributed by atoms with Crippen LogP contribution in [0.3, 0.4) is 0 Å². The Kier molecular flexibility index (Phi) is 3.19. The fourth-order valence-electron chi connectivity index (χ4n) is 2.43. The van der Waals surface area contributed by atoms with E-state index in [1.54, 1.807) is 10.9 Å². The second kappa shape index (κ2) is 4.91. The number of benzene rings is 1. The van der Waals surface area contributed by atoms with Crippen LogP contribution in [0.2, 0.25) is 0 Å². The van der Waals surface area contributed by atoms with Gasteiger partial charge in [-0.25, -0.2) is 4.98 Å². The van der Waals surface area contributed by atoms with Crippen molar-refractivity contribution >= 4 is 5.91 Å². The molecule has 1 aliphatic heterocycles. The maximum atomic E-state index is 12.5. The average Bonchev–Trinajstić information content (AvgIpc) is 2.87. The number of halogens is 3. The van der Waals surface area contributed by atoms with E-state index in [4.69, 9.17) is 0 Å². The Labute approximate surface area is 118 Å². The molecule has 1 aromatic carbocycles. The third-order valence-corrected chi connectivity index (χ3v) is 3.46. The van der Waals surface area contributed by atoms with Crippen LogP contribution in [0.5, 0.6) is 0 Å². The van der Waals surface area contributed by atoms with Crippen LogP contribution in [0, 0.1) is 0 Å². The molecule has 0 saturated heterocycles. The molecule has 1 unspecified atom stereocenters. The van der Waals surface area contributed by atoms with Crippen molar-refractivity contribution in [1.82, 2.24) is 14.9 Å². The fourth-order valence-corrected chi connectivity index (χ4v) is 2.43. The van der Waals surface area contributed by atoms with Gasteiger partial charge in [0.1, 0.15) is 5.69 Å². The first kappa shape index (κ1) is 13.7. The number of imidazole rings is 1. The molecule has 0 radical (unpaired) electrons. The molecule has 0 bridgehead atoms. The Morgan fingerprint density at radius 3 is 2.67 bits per heavy atom. The zero-order chi connectivity index (χ0) is 15.0. The lowest BCUT2D eigenvalue weighted by Gasteiger charge is -2.25. The third kappa shape index (κ3) is 2.76. The van der Waals surface area contributed by atoms with E-state index in [-0.39, 0.29) is 11.9 Å². The van der Waals surface area contributed by atoms with Gasteiger partial charge in [-0.1, -0.05) is 12.1 Å². The van der Waals surface area contributed by atoms with E-state index < -0.39 is 11.7 Å². The minimum Gasteiger partial charge on any atom is -0.346 e. The number of hydrogen-bond acceptors (Lipinski definition) is 2. The van der Waals surface area contributed by atoms with Crippen molar-refractivity contribution in [3.63, 3.8) is 0 Å². The number of fused-ring (bicyclic) bond motifs is 1. The molecule has 1 N–H and O–H groups in total. The van der Waals surface area contributed by atoms with Crippen LogP contribution >= 0.6 is 0 Å². The number of nitrogens with zero attached hydrogens (tertiary/aromatic N) is 2. The van der Waals surface area contributed by atoms with E-state index in [1.165, 1.54) is 18.3 Å². The minimum atomic E-state index is -4.33. The van der Waals surface area contributed by atoms with Crippen molar-refractivity contribution in [2.75, 3.05) is 0 Å². The lowest BCUT2D eigenvalue weighted by Crippen LogP contribution is -2.45. The van der Waals surface area contributed by atoms with E-state index in [0.29, 0.717) is 18.7 Å². The SMILES string of the molecule is O=C1NC(Cc2ccc(C(F)(F)F)cc2)Cn2cncc21. The number of rotatable bonds is 2. The van der Waals surface area contributed by atoms with Crippen molar-refractivity contribution < 1.29 is 18.0 Å². The van der Waals surface area contributed by atoms with E-state index >= 15 is 0 Å². The number of alkyl halides is 3. The van der Waals surface area contributed by atoms with Crippen LogP contribution in [0.15, 0.2) is 36.8 Å². The summed E-state index contributed by atoms with van der Waals surface area (Å²) in [6.07, 6.45) is -0.789. The van der Waals surface area contributed by atoms with Crippen LogP contribution in [0.25, 0.3) is 0 Å². The lowest BCUT2D eigenvalue weighted by molar-refractivity contribution is -0.137. The molecule has 2 aromatic rings. The molecule has 0 aliphatic carbocycles. The third-order valence-electron chi connectivity index (χ3n) is 3.46. The monoisotopic (exact) mass is 295 g/mol. The minimum absolute atomic E-state index is 0.157. The second-order valence-corrected chi connectivity index (χ2v) is 5.00. The van der Waals surface area contributed by atoms with Gasteiger partial charge in [-0.2, -0.15) is 13.2 Å². The van der Waals surface area contributed by atoms with Crippen molar-refractivity contribution in [3.8, 4) is 0 Å². The molecule has 1 amide bonds. The highest BCUT2D eigenvalue weighted by atomic mass is 19.4. The second-order valence-electron chi connectivity index (χ2n) is 5.00.